The number of pyridine rings is 1. The summed E-state index contributed by atoms with van der Waals surface area (Å²) in [5.74, 6) is 0. The van der Waals surface area contributed by atoms with Gasteiger partial charge in [-0.25, -0.2) is 0 Å². The molecular formula is C16H17F3N2. The van der Waals surface area contributed by atoms with Gasteiger partial charge in [-0.15, -0.1) is 0 Å². The van der Waals surface area contributed by atoms with Gasteiger partial charge in [0.1, 0.15) is 0 Å². The third-order valence-corrected chi connectivity index (χ3v) is 3.20. The standard InChI is InChI=1S/C16H17F3N2/c1-2-9-21-15(12-6-4-3-5-7-12)13-11-20-10-8-14(13)16(17,18)19/h3-8,10-11,15,21H,2,9H2,1H3. The molecule has 1 heterocycles. The van der Waals surface area contributed by atoms with E-state index < -0.39 is 17.8 Å². The lowest BCUT2D eigenvalue weighted by Gasteiger charge is -2.23. The number of rotatable bonds is 5. The second-order valence-corrected chi connectivity index (χ2v) is 4.76. The summed E-state index contributed by atoms with van der Waals surface area (Å²) in [7, 11) is 0. The topological polar surface area (TPSA) is 24.9 Å². The fourth-order valence-corrected chi connectivity index (χ4v) is 2.24. The summed E-state index contributed by atoms with van der Waals surface area (Å²) in [6.07, 6.45) is -1.08. The molecule has 0 fully saturated rings. The Balaban J connectivity index is 2.47. The third kappa shape index (κ3) is 3.82. The molecule has 0 bridgehead atoms. The molecule has 5 heteroatoms. The maximum atomic E-state index is 13.2. The number of hydrogen-bond donors (Lipinski definition) is 1. The van der Waals surface area contributed by atoms with Crippen LogP contribution in [0, 0.1) is 0 Å². The van der Waals surface area contributed by atoms with Crippen LogP contribution in [0.2, 0.25) is 0 Å². The number of aromatic nitrogens is 1. The van der Waals surface area contributed by atoms with Crippen LogP contribution in [0.5, 0.6) is 0 Å². The minimum absolute atomic E-state index is 0.157. The molecule has 0 saturated heterocycles. The van der Waals surface area contributed by atoms with Crippen molar-refractivity contribution < 1.29 is 13.2 Å². The molecule has 1 aromatic carbocycles. The molecule has 1 atom stereocenters. The van der Waals surface area contributed by atoms with Gasteiger partial charge in [-0.3, -0.25) is 4.98 Å². The number of nitrogens with one attached hydrogen (secondary N) is 1. The molecule has 2 nitrogen and oxygen atoms in total. The van der Waals surface area contributed by atoms with Crippen LogP contribution in [0.1, 0.15) is 36.1 Å². The molecule has 0 aliphatic carbocycles. The minimum atomic E-state index is -4.39. The normalized spacial score (nSPS) is 13.1. The van der Waals surface area contributed by atoms with Gasteiger partial charge < -0.3 is 5.32 Å². The lowest BCUT2D eigenvalue weighted by molar-refractivity contribution is -0.138. The Morgan fingerprint density at radius 1 is 1.14 bits per heavy atom. The number of hydrogen-bond acceptors (Lipinski definition) is 2. The van der Waals surface area contributed by atoms with Crippen LogP contribution >= 0.6 is 0 Å². The van der Waals surface area contributed by atoms with Crippen molar-refractivity contribution in [3.63, 3.8) is 0 Å². The van der Waals surface area contributed by atoms with Gasteiger partial charge >= 0.3 is 6.18 Å². The lowest BCUT2D eigenvalue weighted by atomic mass is 9.95. The van der Waals surface area contributed by atoms with Crippen LogP contribution in [-0.2, 0) is 6.18 Å². The first kappa shape index (κ1) is 15.5. The van der Waals surface area contributed by atoms with Gasteiger partial charge in [-0.1, -0.05) is 37.3 Å². The molecule has 0 spiro atoms. The van der Waals surface area contributed by atoms with E-state index in [1.54, 1.807) is 0 Å². The van der Waals surface area contributed by atoms with Crippen LogP contribution in [0.15, 0.2) is 48.8 Å². The van der Waals surface area contributed by atoms with Gasteiger partial charge in [0, 0.05) is 18.0 Å². The van der Waals surface area contributed by atoms with Crippen molar-refractivity contribution in [1.29, 1.82) is 0 Å². The molecule has 2 aromatic rings. The summed E-state index contributed by atoms with van der Waals surface area (Å²) in [6, 6.07) is 9.63. The summed E-state index contributed by atoms with van der Waals surface area (Å²) in [4.78, 5) is 3.87. The average molecular weight is 294 g/mol. The summed E-state index contributed by atoms with van der Waals surface area (Å²) in [5, 5.41) is 3.17. The van der Waals surface area contributed by atoms with E-state index >= 15 is 0 Å². The van der Waals surface area contributed by atoms with Gasteiger partial charge in [0.25, 0.3) is 0 Å². The highest BCUT2D eigenvalue weighted by atomic mass is 19.4. The Morgan fingerprint density at radius 3 is 2.48 bits per heavy atom. The zero-order chi connectivity index (χ0) is 15.3. The molecule has 0 amide bonds. The van der Waals surface area contributed by atoms with Gasteiger partial charge in [-0.05, 0) is 24.6 Å². The van der Waals surface area contributed by atoms with Crippen molar-refractivity contribution in [3.05, 3.63) is 65.5 Å². The van der Waals surface area contributed by atoms with Crippen molar-refractivity contribution in [1.82, 2.24) is 10.3 Å². The van der Waals surface area contributed by atoms with Gasteiger partial charge in [0.05, 0.1) is 11.6 Å². The Labute approximate surface area is 122 Å². The highest BCUT2D eigenvalue weighted by Gasteiger charge is 2.35. The number of alkyl halides is 3. The maximum Gasteiger partial charge on any atom is 0.416 e. The monoisotopic (exact) mass is 294 g/mol. The summed E-state index contributed by atoms with van der Waals surface area (Å²) in [5.41, 5.74) is 0.309. The first-order valence-corrected chi connectivity index (χ1v) is 6.83. The van der Waals surface area contributed by atoms with Crippen LogP contribution < -0.4 is 5.32 Å². The Bertz CT molecular complexity index is 567. The Morgan fingerprint density at radius 2 is 1.86 bits per heavy atom. The van der Waals surface area contributed by atoms with Crippen molar-refractivity contribution >= 4 is 0 Å². The molecule has 1 N–H and O–H groups in total. The zero-order valence-corrected chi connectivity index (χ0v) is 11.7. The lowest BCUT2D eigenvalue weighted by Crippen LogP contribution is -2.26. The number of nitrogens with zero attached hydrogens (tertiary/aromatic N) is 1. The van der Waals surface area contributed by atoms with E-state index in [0.29, 0.717) is 6.54 Å². The van der Waals surface area contributed by atoms with Gasteiger partial charge in [-0.2, -0.15) is 13.2 Å². The summed E-state index contributed by atoms with van der Waals surface area (Å²) >= 11 is 0. The van der Waals surface area contributed by atoms with Gasteiger partial charge in [0.15, 0.2) is 0 Å². The molecule has 21 heavy (non-hydrogen) atoms. The van der Waals surface area contributed by atoms with E-state index in [4.69, 9.17) is 0 Å². The molecule has 0 aliphatic rings. The fraction of sp³-hybridized carbons (Fsp3) is 0.312. The highest BCUT2D eigenvalue weighted by molar-refractivity contribution is 5.37. The van der Waals surface area contributed by atoms with E-state index in [-0.39, 0.29) is 5.56 Å². The molecule has 1 unspecified atom stereocenters. The fourth-order valence-electron chi connectivity index (χ4n) is 2.24. The van der Waals surface area contributed by atoms with Gasteiger partial charge in [0.2, 0.25) is 0 Å². The van der Waals surface area contributed by atoms with E-state index in [2.05, 4.69) is 10.3 Å². The molecule has 112 valence electrons. The van der Waals surface area contributed by atoms with Crippen molar-refractivity contribution in [2.75, 3.05) is 6.54 Å². The van der Waals surface area contributed by atoms with Crippen molar-refractivity contribution in [2.45, 2.75) is 25.6 Å². The van der Waals surface area contributed by atoms with Crippen molar-refractivity contribution in [2.24, 2.45) is 0 Å². The zero-order valence-electron chi connectivity index (χ0n) is 11.7. The SMILES string of the molecule is CCCNC(c1ccccc1)c1cnccc1C(F)(F)F. The predicted octanol–water partition coefficient (Wildman–Crippen LogP) is 4.19. The Hall–Kier alpha value is -1.88. The van der Waals surface area contributed by atoms with E-state index in [0.717, 1.165) is 18.1 Å². The third-order valence-electron chi connectivity index (χ3n) is 3.20. The van der Waals surface area contributed by atoms with E-state index in [1.165, 1.54) is 12.4 Å². The second kappa shape index (κ2) is 6.72. The second-order valence-electron chi connectivity index (χ2n) is 4.76. The first-order chi connectivity index (χ1) is 10.0. The predicted molar refractivity (Wildman–Crippen MR) is 75.8 cm³/mol. The Kier molecular flexibility index (Phi) is 4.96. The highest BCUT2D eigenvalue weighted by Crippen LogP contribution is 2.35. The van der Waals surface area contributed by atoms with Crippen LogP contribution in [-0.4, -0.2) is 11.5 Å². The summed E-state index contributed by atoms with van der Waals surface area (Å²) < 4.78 is 39.6. The van der Waals surface area contributed by atoms with Crippen molar-refractivity contribution in [3.8, 4) is 0 Å². The van der Waals surface area contributed by atoms with Crippen LogP contribution in [0.4, 0.5) is 13.2 Å². The average Bonchev–Trinajstić information content (AvgIpc) is 2.48. The minimum Gasteiger partial charge on any atom is -0.306 e. The number of halogens is 3. The quantitative estimate of drug-likeness (QED) is 0.894. The number of benzene rings is 1. The molecule has 2 rings (SSSR count). The molecule has 0 saturated carbocycles. The molecule has 0 aliphatic heterocycles. The summed E-state index contributed by atoms with van der Waals surface area (Å²) in [6.45, 7) is 2.61. The largest absolute Gasteiger partial charge is 0.416 e. The van der Waals surface area contributed by atoms with E-state index in [1.807, 2.05) is 37.3 Å². The van der Waals surface area contributed by atoms with Crippen LogP contribution in [0.25, 0.3) is 0 Å². The molecule has 0 radical (unpaired) electrons. The van der Waals surface area contributed by atoms with Crippen LogP contribution in [0.3, 0.4) is 0 Å². The molecule has 1 aromatic heterocycles. The smallest absolute Gasteiger partial charge is 0.306 e. The van der Waals surface area contributed by atoms with E-state index in [9.17, 15) is 13.2 Å². The molecular weight excluding hydrogens is 277 g/mol. The maximum absolute atomic E-state index is 13.2. The first-order valence-electron chi connectivity index (χ1n) is 6.83.